The number of likely N-dealkylation sites (N-methyl/N-ethyl adjacent to an activating group) is 1. The van der Waals surface area contributed by atoms with Crippen LogP contribution in [-0.4, -0.2) is 48.6 Å². The van der Waals surface area contributed by atoms with Gasteiger partial charge in [-0.15, -0.1) is 11.8 Å². The molecule has 1 unspecified atom stereocenters. The Morgan fingerprint density at radius 2 is 1.57 bits per heavy atom. The smallest absolute Gasteiger partial charge is 0.247 e. The second kappa shape index (κ2) is 8.22. The maximum atomic E-state index is 14.0. The van der Waals surface area contributed by atoms with E-state index in [0.717, 1.165) is 16.2 Å². The first-order valence-corrected chi connectivity index (χ1v) is 10.5. The molecule has 2 aromatic rings. The highest BCUT2D eigenvalue weighted by atomic mass is 32.2. The van der Waals surface area contributed by atoms with Gasteiger partial charge in [0.05, 0.1) is 16.7 Å². The Hall–Kier alpha value is -2.55. The number of amides is 1. The lowest BCUT2D eigenvalue weighted by Crippen LogP contribution is -2.45. The second-order valence-electron chi connectivity index (χ2n) is 7.21. The lowest BCUT2D eigenvalue weighted by Gasteiger charge is -2.32. The van der Waals surface area contributed by atoms with Crippen LogP contribution in [0.4, 0.5) is 0 Å². The zero-order valence-corrected chi connectivity index (χ0v) is 17.5. The van der Waals surface area contributed by atoms with Gasteiger partial charge in [0, 0.05) is 12.6 Å². The van der Waals surface area contributed by atoms with Crippen LogP contribution in [0.15, 0.2) is 71.3 Å². The van der Waals surface area contributed by atoms with Gasteiger partial charge in [0.2, 0.25) is 5.91 Å². The first-order valence-electron chi connectivity index (χ1n) is 9.26. The topological polar surface area (TPSA) is 47.3 Å². The molecule has 144 valence electrons. The number of thioether (sulfide) groups is 1. The molecule has 4 nitrogen and oxygen atoms in total. The molecule has 1 aliphatic rings. The molecule has 1 atom stereocenters. The van der Waals surface area contributed by atoms with Gasteiger partial charge < -0.3 is 9.80 Å². The Morgan fingerprint density at radius 1 is 1.07 bits per heavy atom. The molecule has 0 radical (unpaired) electrons. The number of nitriles is 1. The predicted octanol–water partition coefficient (Wildman–Crippen LogP) is 3.86. The summed E-state index contributed by atoms with van der Waals surface area (Å²) in [5.74, 6) is -0.0560. The van der Waals surface area contributed by atoms with Crippen molar-refractivity contribution in [3.05, 3.63) is 82.4 Å². The Bertz CT molecular complexity index is 876. The van der Waals surface area contributed by atoms with E-state index in [9.17, 15) is 10.1 Å². The van der Waals surface area contributed by atoms with Gasteiger partial charge in [-0.2, -0.15) is 5.26 Å². The molecule has 5 heteroatoms. The van der Waals surface area contributed by atoms with Crippen molar-refractivity contribution >= 4 is 17.7 Å². The summed E-state index contributed by atoms with van der Waals surface area (Å²) in [6.45, 7) is 2.62. The van der Waals surface area contributed by atoms with E-state index in [1.807, 2.05) is 81.0 Å². The van der Waals surface area contributed by atoms with E-state index in [1.54, 1.807) is 4.90 Å². The fourth-order valence-electron chi connectivity index (χ4n) is 3.71. The molecule has 0 N–H and O–H groups in total. The van der Waals surface area contributed by atoms with Crippen molar-refractivity contribution in [3.63, 3.8) is 0 Å². The number of carbonyl (C=O) groups is 1. The quantitative estimate of drug-likeness (QED) is 0.750. The van der Waals surface area contributed by atoms with Crippen LogP contribution >= 0.6 is 11.8 Å². The molecular formula is C23H25N3OS. The largest absolute Gasteiger partial charge is 0.305 e. The molecule has 0 spiro atoms. The third-order valence-corrected chi connectivity index (χ3v) is 6.26. The van der Waals surface area contributed by atoms with Gasteiger partial charge in [0.1, 0.15) is 5.41 Å². The molecule has 0 fully saturated rings. The van der Waals surface area contributed by atoms with Crippen LogP contribution in [-0.2, 0) is 10.2 Å². The molecular weight excluding hydrogens is 366 g/mol. The van der Waals surface area contributed by atoms with Crippen molar-refractivity contribution in [1.82, 2.24) is 9.80 Å². The van der Waals surface area contributed by atoms with Crippen molar-refractivity contribution in [3.8, 4) is 6.07 Å². The second-order valence-corrected chi connectivity index (χ2v) is 8.00. The lowest BCUT2D eigenvalue weighted by atomic mass is 9.70. The van der Waals surface area contributed by atoms with E-state index in [4.69, 9.17) is 0 Å². The summed E-state index contributed by atoms with van der Waals surface area (Å²) < 4.78 is 0. The minimum absolute atomic E-state index is 0.0560. The van der Waals surface area contributed by atoms with Crippen molar-refractivity contribution in [2.75, 3.05) is 26.9 Å². The number of carbonyl (C=O) groups excluding carboxylic acids is 1. The van der Waals surface area contributed by atoms with Crippen LogP contribution in [0.1, 0.15) is 18.1 Å². The molecule has 2 aromatic carbocycles. The SMILES string of the molecule is CSC1=C(C#N)C(c2ccccc2)(c2ccccc2)C(=O)N1CC(C)N(C)C. The monoisotopic (exact) mass is 391 g/mol. The molecule has 0 aromatic heterocycles. The zero-order chi connectivity index (χ0) is 20.3. The van der Waals surface area contributed by atoms with E-state index < -0.39 is 5.41 Å². The number of benzene rings is 2. The van der Waals surface area contributed by atoms with Crippen LogP contribution in [0.5, 0.6) is 0 Å². The summed E-state index contributed by atoms with van der Waals surface area (Å²) in [5, 5.41) is 10.9. The van der Waals surface area contributed by atoms with E-state index in [0.29, 0.717) is 12.1 Å². The molecule has 1 amide bonds. The third-order valence-electron chi connectivity index (χ3n) is 5.45. The highest BCUT2D eigenvalue weighted by molar-refractivity contribution is 8.02. The van der Waals surface area contributed by atoms with Crippen LogP contribution in [0.25, 0.3) is 0 Å². The van der Waals surface area contributed by atoms with Gasteiger partial charge in [-0.3, -0.25) is 4.79 Å². The first kappa shape index (κ1) is 20.2. The van der Waals surface area contributed by atoms with Gasteiger partial charge in [0.15, 0.2) is 0 Å². The van der Waals surface area contributed by atoms with Crippen molar-refractivity contribution < 1.29 is 4.79 Å². The molecule has 0 saturated carbocycles. The Balaban J connectivity index is 2.29. The minimum atomic E-state index is -1.11. The maximum Gasteiger partial charge on any atom is 0.247 e. The summed E-state index contributed by atoms with van der Waals surface area (Å²) in [6, 6.07) is 21.9. The standard InChI is InChI=1S/C23H25N3OS/c1-17(25(2)3)16-26-21(28-4)20(15-24)23(22(26)27,18-11-7-5-8-12-18)19-13-9-6-10-14-19/h5-14,17H,16H2,1-4H3. The normalized spacial score (nSPS) is 17.1. The van der Waals surface area contributed by atoms with Gasteiger partial charge >= 0.3 is 0 Å². The number of rotatable bonds is 6. The molecule has 0 aliphatic carbocycles. The molecule has 1 heterocycles. The van der Waals surface area contributed by atoms with Crippen molar-refractivity contribution in [2.24, 2.45) is 0 Å². The number of hydrogen-bond acceptors (Lipinski definition) is 4. The van der Waals surface area contributed by atoms with Crippen LogP contribution in [0, 0.1) is 11.3 Å². The Morgan fingerprint density at radius 3 is 1.96 bits per heavy atom. The Labute approximate surface area is 171 Å². The van der Waals surface area contributed by atoms with E-state index in [2.05, 4.69) is 17.9 Å². The van der Waals surface area contributed by atoms with Crippen molar-refractivity contribution in [1.29, 1.82) is 5.26 Å². The number of hydrogen-bond donors (Lipinski definition) is 0. The molecule has 0 saturated heterocycles. The molecule has 28 heavy (non-hydrogen) atoms. The van der Waals surface area contributed by atoms with E-state index >= 15 is 0 Å². The maximum absolute atomic E-state index is 14.0. The van der Waals surface area contributed by atoms with Gasteiger partial charge in [-0.05, 0) is 38.4 Å². The molecule has 3 rings (SSSR count). The van der Waals surface area contributed by atoms with Gasteiger partial charge in [-0.25, -0.2) is 0 Å². The van der Waals surface area contributed by atoms with E-state index in [-0.39, 0.29) is 11.9 Å². The summed E-state index contributed by atoms with van der Waals surface area (Å²) in [5.41, 5.74) is 1.05. The first-order chi connectivity index (χ1) is 13.5. The van der Waals surface area contributed by atoms with Crippen molar-refractivity contribution in [2.45, 2.75) is 18.4 Å². The van der Waals surface area contributed by atoms with Crippen LogP contribution in [0.2, 0.25) is 0 Å². The average Bonchev–Trinajstić information content (AvgIpc) is 2.97. The highest BCUT2D eigenvalue weighted by Gasteiger charge is 2.55. The fourth-order valence-corrected chi connectivity index (χ4v) is 4.49. The average molecular weight is 392 g/mol. The predicted molar refractivity (Wildman–Crippen MR) is 115 cm³/mol. The summed E-state index contributed by atoms with van der Waals surface area (Å²) >= 11 is 1.47. The highest BCUT2D eigenvalue weighted by Crippen LogP contribution is 2.49. The fraction of sp³-hybridized carbons (Fsp3) is 0.304. The summed E-state index contributed by atoms with van der Waals surface area (Å²) in [7, 11) is 4.00. The molecule has 1 aliphatic heterocycles. The Kier molecular flexibility index (Phi) is 5.93. The zero-order valence-electron chi connectivity index (χ0n) is 16.7. The summed E-state index contributed by atoms with van der Waals surface area (Å²) in [4.78, 5) is 17.9. The van der Waals surface area contributed by atoms with Gasteiger partial charge in [-0.1, -0.05) is 60.7 Å². The van der Waals surface area contributed by atoms with E-state index in [1.165, 1.54) is 11.8 Å². The molecule has 0 bridgehead atoms. The van der Waals surface area contributed by atoms with Gasteiger partial charge in [0.25, 0.3) is 0 Å². The number of nitrogens with zero attached hydrogens (tertiary/aromatic N) is 3. The minimum Gasteiger partial charge on any atom is -0.305 e. The van der Waals surface area contributed by atoms with Crippen LogP contribution in [0.3, 0.4) is 0 Å². The summed E-state index contributed by atoms with van der Waals surface area (Å²) in [6.07, 6.45) is 1.93. The third kappa shape index (κ3) is 3.13. The lowest BCUT2D eigenvalue weighted by molar-refractivity contribution is -0.131. The van der Waals surface area contributed by atoms with Crippen LogP contribution < -0.4 is 0 Å².